The molecule has 0 amide bonds. The minimum atomic E-state index is -5.76. The van der Waals surface area contributed by atoms with Crippen LogP contribution in [0.4, 0.5) is 14.6 Å². The van der Waals surface area contributed by atoms with Gasteiger partial charge in [0.25, 0.3) is 6.43 Å². The van der Waals surface area contributed by atoms with Crippen molar-refractivity contribution >= 4 is 21.5 Å². The molecule has 0 aromatic carbocycles. The van der Waals surface area contributed by atoms with Crippen molar-refractivity contribution in [3.05, 3.63) is 22.7 Å². The number of alkyl halides is 2. The maximum atomic E-state index is 13.0. The number of phosphoric acid groups is 2. The van der Waals surface area contributed by atoms with E-state index in [1.807, 2.05) is 0 Å². The highest BCUT2D eigenvalue weighted by Gasteiger charge is 2.51. The van der Waals surface area contributed by atoms with Crippen molar-refractivity contribution < 1.29 is 76.1 Å². The molecule has 0 saturated carbocycles. The fourth-order valence-corrected chi connectivity index (χ4v) is 5.52. The summed E-state index contributed by atoms with van der Waals surface area (Å²) >= 11 is 0. The Morgan fingerprint density at radius 2 is 1.68 bits per heavy atom. The van der Waals surface area contributed by atoms with Gasteiger partial charge in [-0.3, -0.25) is 13.6 Å². The summed E-state index contributed by atoms with van der Waals surface area (Å²) in [4.78, 5) is 34.8. The second kappa shape index (κ2) is 11.3. The minimum Gasteiger partial charge on any atom is -0.387 e. The summed E-state index contributed by atoms with van der Waals surface area (Å²) in [5, 5.41) is 49.2. The van der Waals surface area contributed by atoms with Gasteiger partial charge in [0.2, 0.25) is 0 Å². The molecule has 2 fully saturated rings. The highest BCUT2D eigenvalue weighted by atomic mass is 31.3. The van der Waals surface area contributed by atoms with Gasteiger partial charge in [0.15, 0.2) is 12.5 Å². The predicted octanol–water partition coefficient (Wildman–Crippen LogP) is -3.23. The van der Waals surface area contributed by atoms with E-state index in [2.05, 4.69) is 23.1 Å². The first-order valence-corrected chi connectivity index (χ1v) is 13.1. The maximum Gasteiger partial charge on any atom is 0.483 e. The van der Waals surface area contributed by atoms with Crippen molar-refractivity contribution in [3.8, 4) is 0 Å². The summed E-state index contributed by atoms with van der Waals surface area (Å²) in [7, 11) is -11.3. The van der Waals surface area contributed by atoms with Gasteiger partial charge in [0.1, 0.15) is 48.5 Å². The molecule has 212 valence electrons. The number of aliphatic hydroxyl groups excluding tert-OH is 5. The van der Waals surface area contributed by atoms with Crippen LogP contribution in [-0.4, -0.2) is 107 Å². The van der Waals surface area contributed by atoms with Crippen LogP contribution in [-0.2, 0) is 32.0 Å². The van der Waals surface area contributed by atoms with E-state index >= 15 is 0 Å². The van der Waals surface area contributed by atoms with E-state index in [4.69, 9.17) is 10.5 Å². The highest BCUT2D eigenvalue weighted by molar-refractivity contribution is 7.61. The molecule has 0 aliphatic carbocycles. The quantitative estimate of drug-likeness (QED) is 0.132. The van der Waals surface area contributed by atoms with Gasteiger partial charge in [-0.25, -0.2) is 22.7 Å². The zero-order valence-corrected chi connectivity index (χ0v) is 19.9. The van der Waals surface area contributed by atoms with Gasteiger partial charge in [-0.05, 0) is 6.07 Å². The molecule has 9 N–H and O–H groups in total. The number of halogens is 2. The molecule has 2 aliphatic heterocycles. The van der Waals surface area contributed by atoms with Gasteiger partial charge < -0.3 is 50.5 Å². The van der Waals surface area contributed by atoms with Gasteiger partial charge in [0, 0.05) is 6.20 Å². The molecule has 0 bridgehead atoms. The molecular weight excluding hydrogens is 562 g/mol. The summed E-state index contributed by atoms with van der Waals surface area (Å²) < 4.78 is 73.3. The SMILES string of the molecule is Nc1ccn([C@@H]2O[C@H](COP(=O)(O)OP(=O)(O)O[C@H]3O[C@H](C(F)F)[C@@H](O)[C@H](O)[C@H]3O)[C@@H](O)[C@H]2O)c(=O)n1. The Morgan fingerprint density at radius 3 is 2.27 bits per heavy atom. The molecule has 11 atom stereocenters. The first-order valence-electron chi connectivity index (χ1n) is 10.1. The van der Waals surface area contributed by atoms with Crippen molar-refractivity contribution in [1.29, 1.82) is 0 Å². The first kappa shape index (κ1) is 30.1. The molecule has 3 heterocycles. The van der Waals surface area contributed by atoms with E-state index in [-0.39, 0.29) is 5.82 Å². The van der Waals surface area contributed by atoms with E-state index in [1.54, 1.807) is 0 Å². The van der Waals surface area contributed by atoms with Crippen molar-refractivity contribution in [2.75, 3.05) is 12.3 Å². The van der Waals surface area contributed by atoms with Crippen LogP contribution in [0.25, 0.3) is 0 Å². The van der Waals surface area contributed by atoms with Crippen LogP contribution in [0, 0.1) is 0 Å². The Morgan fingerprint density at radius 1 is 1.03 bits per heavy atom. The van der Waals surface area contributed by atoms with Crippen LogP contribution in [0.3, 0.4) is 0 Å². The lowest BCUT2D eigenvalue weighted by atomic mass is 9.99. The first-order chi connectivity index (χ1) is 17.0. The van der Waals surface area contributed by atoms with E-state index in [0.29, 0.717) is 0 Å². The number of phosphoric ester groups is 2. The lowest BCUT2D eigenvalue weighted by Gasteiger charge is -2.39. The molecular formula is C15H23F2N3O15P2. The fraction of sp³-hybridized carbons (Fsp3) is 0.733. The molecule has 2 unspecified atom stereocenters. The van der Waals surface area contributed by atoms with Crippen LogP contribution >= 0.6 is 15.6 Å². The van der Waals surface area contributed by atoms with Crippen LogP contribution in [0.2, 0.25) is 0 Å². The lowest BCUT2D eigenvalue weighted by molar-refractivity contribution is -0.295. The molecule has 22 heteroatoms. The molecule has 0 spiro atoms. The van der Waals surface area contributed by atoms with Gasteiger partial charge in [0.05, 0.1) is 6.61 Å². The summed E-state index contributed by atoms with van der Waals surface area (Å²) in [5.41, 5.74) is 4.39. The Kier molecular flexibility index (Phi) is 9.20. The third-order valence-corrected chi connectivity index (χ3v) is 7.76. The number of nitrogen functional groups attached to an aromatic ring is 1. The maximum absolute atomic E-state index is 13.0. The number of nitrogens with zero attached hydrogens (tertiary/aromatic N) is 2. The normalized spacial score (nSPS) is 37.8. The third kappa shape index (κ3) is 6.94. The van der Waals surface area contributed by atoms with E-state index in [1.165, 1.54) is 6.07 Å². The smallest absolute Gasteiger partial charge is 0.387 e. The van der Waals surface area contributed by atoms with E-state index in [0.717, 1.165) is 10.8 Å². The highest BCUT2D eigenvalue weighted by Crippen LogP contribution is 2.61. The molecule has 37 heavy (non-hydrogen) atoms. The average Bonchev–Trinajstić information content (AvgIpc) is 3.05. The Labute approximate surface area is 204 Å². The summed E-state index contributed by atoms with van der Waals surface area (Å²) in [5.74, 6) is -0.148. The van der Waals surface area contributed by atoms with Crippen molar-refractivity contribution in [2.24, 2.45) is 0 Å². The van der Waals surface area contributed by atoms with Crippen molar-refractivity contribution in [2.45, 2.75) is 61.7 Å². The molecule has 0 radical (unpaired) electrons. The van der Waals surface area contributed by atoms with E-state index in [9.17, 15) is 58.0 Å². The van der Waals surface area contributed by atoms with Crippen molar-refractivity contribution in [1.82, 2.24) is 9.55 Å². The molecule has 3 rings (SSSR count). The van der Waals surface area contributed by atoms with Crippen LogP contribution < -0.4 is 11.4 Å². The monoisotopic (exact) mass is 585 g/mol. The zero-order chi connectivity index (χ0) is 27.9. The van der Waals surface area contributed by atoms with Crippen LogP contribution in [0.1, 0.15) is 6.23 Å². The predicted molar refractivity (Wildman–Crippen MR) is 109 cm³/mol. The number of aromatic nitrogens is 2. The number of rotatable bonds is 9. The number of anilines is 1. The number of aliphatic hydroxyl groups is 5. The van der Waals surface area contributed by atoms with Crippen molar-refractivity contribution in [3.63, 3.8) is 0 Å². The summed E-state index contributed by atoms with van der Waals surface area (Å²) in [6.07, 6.45) is -21.0. The molecule has 18 nitrogen and oxygen atoms in total. The van der Waals surface area contributed by atoms with Gasteiger partial charge in [-0.1, -0.05) is 0 Å². The molecule has 2 aliphatic rings. The minimum absolute atomic E-state index is 0.148. The second-order valence-corrected chi connectivity index (χ2v) is 10.8. The largest absolute Gasteiger partial charge is 0.483 e. The lowest BCUT2D eigenvalue weighted by Crippen LogP contribution is -2.59. The fourth-order valence-electron chi connectivity index (χ4n) is 3.36. The van der Waals surface area contributed by atoms with Crippen LogP contribution in [0.15, 0.2) is 17.1 Å². The topological polar surface area (TPSA) is 283 Å². The van der Waals surface area contributed by atoms with Gasteiger partial charge in [-0.15, -0.1) is 0 Å². The number of hydrogen-bond donors (Lipinski definition) is 8. The number of nitrogens with two attached hydrogens (primary N) is 1. The third-order valence-electron chi connectivity index (χ3n) is 5.16. The zero-order valence-electron chi connectivity index (χ0n) is 18.2. The number of ether oxygens (including phenoxy) is 2. The Bertz CT molecular complexity index is 1110. The van der Waals surface area contributed by atoms with E-state index < -0.39 is 89.6 Å². The molecule has 2 saturated heterocycles. The molecule has 1 aromatic rings. The standard InChI is InChI=1S/C15H23F2N3O15P2/c16-12(17)11-8(23)7(22)10(25)14(33-11)34-37(29,30)35-36(27,28)31-3-4-6(21)9(24)13(32-4)20-2-1-5(18)19-15(20)26/h1-2,4,6-14,21-25H,3H2,(H,27,28)(H,29,30)(H2,18,19,26)/t4-,6-,7+,8+,9-,10-,11+,13-,14-/m1/s1. The molecule has 1 aromatic heterocycles. The van der Waals surface area contributed by atoms with Crippen LogP contribution in [0.5, 0.6) is 0 Å². The number of hydrogen-bond acceptors (Lipinski definition) is 15. The Balaban J connectivity index is 1.62. The van der Waals surface area contributed by atoms with Gasteiger partial charge in [-0.2, -0.15) is 9.29 Å². The second-order valence-electron chi connectivity index (χ2n) is 7.78. The Hall–Kier alpha value is -1.48. The summed E-state index contributed by atoms with van der Waals surface area (Å²) in [6, 6.07) is 1.18. The average molecular weight is 585 g/mol. The van der Waals surface area contributed by atoms with Gasteiger partial charge >= 0.3 is 21.3 Å². The summed E-state index contributed by atoms with van der Waals surface area (Å²) in [6.45, 7) is -1.07.